The molecule has 0 aliphatic carbocycles. The summed E-state index contributed by atoms with van der Waals surface area (Å²) in [5.41, 5.74) is 0.475. The van der Waals surface area contributed by atoms with Gasteiger partial charge in [-0.2, -0.15) is 0 Å². The van der Waals surface area contributed by atoms with Gasteiger partial charge in [0.25, 0.3) is 0 Å². The molecule has 3 N–H and O–H groups in total. The zero-order valence-corrected chi connectivity index (χ0v) is 10.8. The van der Waals surface area contributed by atoms with Crippen molar-refractivity contribution < 1.29 is 18.6 Å². The van der Waals surface area contributed by atoms with E-state index >= 15 is 0 Å². The number of rotatable bonds is 5. The number of nitrogens with one attached hydrogen (secondary N) is 1. The number of benzene rings is 1. The van der Waals surface area contributed by atoms with Gasteiger partial charge in [0.1, 0.15) is 0 Å². The molecular formula is C12H14N2O4S. The van der Waals surface area contributed by atoms with Crippen LogP contribution in [0.3, 0.4) is 0 Å². The van der Waals surface area contributed by atoms with Crippen molar-refractivity contribution in [3.63, 3.8) is 0 Å². The molecule has 2 aromatic rings. The van der Waals surface area contributed by atoms with Gasteiger partial charge < -0.3 is 15.2 Å². The minimum absolute atomic E-state index is 0.107. The maximum atomic E-state index is 12.2. The molecule has 0 aliphatic rings. The van der Waals surface area contributed by atoms with Crippen LogP contribution in [0.5, 0.6) is 0 Å². The monoisotopic (exact) mass is 282 g/mol. The van der Waals surface area contributed by atoms with Crippen LogP contribution in [0.1, 0.15) is 12.1 Å². The van der Waals surface area contributed by atoms with Crippen LogP contribution in [-0.4, -0.2) is 34.9 Å². The van der Waals surface area contributed by atoms with E-state index in [1.54, 1.807) is 18.2 Å². The number of aromatic nitrogens is 2. The van der Waals surface area contributed by atoms with Crippen molar-refractivity contribution in [3.8, 4) is 0 Å². The van der Waals surface area contributed by atoms with E-state index in [4.69, 9.17) is 10.2 Å². The standard InChI is InChI=1S/C12H14N2O4S/c15-11(16)7-6-9-8-13-12(14-9)19(17,18)10-4-2-1-3-5-10/h1-5,8,11,15-16H,6-7H2,(H,13,14). The van der Waals surface area contributed by atoms with Crippen LogP contribution < -0.4 is 0 Å². The number of aromatic amines is 1. The van der Waals surface area contributed by atoms with Gasteiger partial charge in [-0.3, -0.25) is 0 Å². The van der Waals surface area contributed by atoms with Gasteiger partial charge in [0, 0.05) is 12.6 Å². The second-order valence-electron chi connectivity index (χ2n) is 4.03. The summed E-state index contributed by atoms with van der Waals surface area (Å²) < 4.78 is 24.4. The Morgan fingerprint density at radius 2 is 1.89 bits per heavy atom. The molecule has 1 aromatic heterocycles. The van der Waals surface area contributed by atoms with Gasteiger partial charge in [0.15, 0.2) is 6.29 Å². The van der Waals surface area contributed by atoms with Crippen molar-refractivity contribution in [2.24, 2.45) is 0 Å². The van der Waals surface area contributed by atoms with Crippen LogP contribution in [0, 0.1) is 0 Å². The topological polar surface area (TPSA) is 103 Å². The lowest BCUT2D eigenvalue weighted by atomic mass is 10.2. The number of hydrogen-bond donors (Lipinski definition) is 3. The molecule has 0 aliphatic heterocycles. The molecular weight excluding hydrogens is 268 g/mol. The van der Waals surface area contributed by atoms with Gasteiger partial charge in [0.2, 0.25) is 15.0 Å². The maximum absolute atomic E-state index is 12.2. The number of aliphatic hydroxyl groups is 2. The van der Waals surface area contributed by atoms with Gasteiger partial charge >= 0.3 is 0 Å². The van der Waals surface area contributed by atoms with Crippen molar-refractivity contribution in [1.29, 1.82) is 0 Å². The van der Waals surface area contributed by atoms with Gasteiger partial charge in [-0.15, -0.1) is 0 Å². The fraction of sp³-hybridized carbons (Fsp3) is 0.250. The summed E-state index contributed by atoms with van der Waals surface area (Å²) in [4.78, 5) is 6.74. The maximum Gasteiger partial charge on any atom is 0.239 e. The van der Waals surface area contributed by atoms with E-state index in [-0.39, 0.29) is 16.5 Å². The molecule has 102 valence electrons. The fourth-order valence-electron chi connectivity index (χ4n) is 1.59. The highest BCUT2D eigenvalue weighted by Gasteiger charge is 2.20. The lowest BCUT2D eigenvalue weighted by Gasteiger charge is -2.00. The van der Waals surface area contributed by atoms with E-state index in [1.165, 1.54) is 18.3 Å². The van der Waals surface area contributed by atoms with Gasteiger partial charge in [-0.25, -0.2) is 13.4 Å². The molecule has 0 amide bonds. The molecule has 2 rings (SSSR count). The minimum atomic E-state index is -3.65. The number of imidazole rings is 1. The van der Waals surface area contributed by atoms with Gasteiger partial charge in [-0.05, 0) is 18.6 Å². The zero-order valence-electron chi connectivity index (χ0n) is 10.0. The summed E-state index contributed by atoms with van der Waals surface area (Å²) in [6.07, 6.45) is 0.428. The van der Waals surface area contributed by atoms with Crippen molar-refractivity contribution in [2.75, 3.05) is 0 Å². The normalized spacial score (nSPS) is 11.9. The van der Waals surface area contributed by atoms with Crippen molar-refractivity contribution in [1.82, 2.24) is 9.97 Å². The van der Waals surface area contributed by atoms with Crippen LogP contribution in [0.15, 0.2) is 46.6 Å². The molecule has 0 atom stereocenters. The number of sulfone groups is 1. The third-order valence-electron chi connectivity index (χ3n) is 2.57. The Morgan fingerprint density at radius 3 is 2.53 bits per heavy atom. The predicted octanol–water partition coefficient (Wildman–Crippen LogP) is 0.486. The van der Waals surface area contributed by atoms with Crippen LogP contribution in [0.25, 0.3) is 0 Å². The molecule has 1 heterocycles. The van der Waals surface area contributed by atoms with E-state index in [1.807, 2.05) is 0 Å². The molecule has 0 bridgehead atoms. The summed E-state index contributed by atoms with van der Waals surface area (Å²) in [6, 6.07) is 8.00. The van der Waals surface area contributed by atoms with Crippen LogP contribution in [0.4, 0.5) is 0 Å². The van der Waals surface area contributed by atoms with Crippen molar-refractivity contribution >= 4 is 9.84 Å². The second kappa shape index (κ2) is 5.52. The number of aryl methyl sites for hydroxylation is 1. The highest BCUT2D eigenvalue weighted by molar-refractivity contribution is 7.91. The third kappa shape index (κ3) is 3.19. The highest BCUT2D eigenvalue weighted by atomic mass is 32.2. The molecule has 0 radical (unpaired) electrons. The SMILES string of the molecule is O=S(=O)(c1ccccc1)c1nc(CCC(O)O)c[nH]1. The average Bonchev–Trinajstić information content (AvgIpc) is 2.87. The van der Waals surface area contributed by atoms with Crippen molar-refractivity contribution in [3.05, 3.63) is 42.2 Å². The first kappa shape index (κ1) is 13.7. The zero-order chi connectivity index (χ0) is 13.9. The number of hydrogen-bond acceptors (Lipinski definition) is 5. The molecule has 0 saturated heterocycles. The van der Waals surface area contributed by atoms with E-state index in [0.717, 1.165) is 0 Å². The number of aliphatic hydroxyl groups excluding tert-OH is 1. The molecule has 1 aromatic carbocycles. The predicted molar refractivity (Wildman–Crippen MR) is 67.0 cm³/mol. The quantitative estimate of drug-likeness (QED) is 0.692. The highest BCUT2D eigenvalue weighted by Crippen LogP contribution is 2.17. The second-order valence-corrected chi connectivity index (χ2v) is 5.90. The first-order valence-electron chi connectivity index (χ1n) is 5.71. The van der Waals surface area contributed by atoms with Crippen LogP contribution in [0.2, 0.25) is 0 Å². The number of H-pyrrole nitrogens is 1. The molecule has 19 heavy (non-hydrogen) atoms. The summed E-state index contributed by atoms with van der Waals surface area (Å²) in [6.45, 7) is 0. The Morgan fingerprint density at radius 1 is 1.21 bits per heavy atom. The number of nitrogens with zero attached hydrogens (tertiary/aromatic N) is 1. The average molecular weight is 282 g/mol. The molecule has 0 fully saturated rings. The Bertz CT molecular complexity index is 635. The Kier molecular flexibility index (Phi) is 3.98. The van der Waals surface area contributed by atoms with E-state index in [0.29, 0.717) is 12.1 Å². The lowest BCUT2D eigenvalue weighted by molar-refractivity contribution is -0.0448. The molecule has 0 saturated carbocycles. The Hall–Kier alpha value is -1.70. The molecule has 0 unspecified atom stereocenters. The lowest BCUT2D eigenvalue weighted by Crippen LogP contribution is -2.06. The fourth-order valence-corrected chi connectivity index (χ4v) is 2.78. The van der Waals surface area contributed by atoms with Gasteiger partial charge in [0.05, 0.1) is 10.6 Å². The van der Waals surface area contributed by atoms with Gasteiger partial charge in [-0.1, -0.05) is 18.2 Å². The molecule has 0 spiro atoms. The van der Waals surface area contributed by atoms with E-state index in [2.05, 4.69) is 9.97 Å². The molecule has 6 nitrogen and oxygen atoms in total. The Labute approximate surface area is 110 Å². The third-order valence-corrected chi connectivity index (χ3v) is 4.19. The summed E-state index contributed by atoms with van der Waals surface area (Å²) >= 11 is 0. The first-order valence-corrected chi connectivity index (χ1v) is 7.19. The first-order chi connectivity index (χ1) is 9.00. The Balaban J connectivity index is 2.23. The largest absolute Gasteiger partial charge is 0.368 e. The molecule has 7 heteroatoms. The van der Waals surface area contributed by atoms with Crippen molar-refractivity contribution in [2.45, 2.75) is 29.2 Å². The summed E-state index contributed by atoms with van der Waals surface area (Å²) in [5, 5.41) is 17.4. The summed E-state index contributed by atoms with van der Waals surface area (Å²) in [7, 11) is -3.65. The van der Waals surface area contributed by atoms with Crippen LogP contribution in [-0.2, 0) is 16.3 Å². The summed E-state index contributed by atoms with van der Waals surface area (Å²) in [5.74, 6) is 0. The minimum Gasteiger partial charge on any atom is -0.368 e. The van der Waals surface area contributed by atoms with E-state index in [9.17, 15) is 8.42 Å². The van der Waals surface area contributed by atoms with E-state index < -0.39 is 16.1 Å². The smallest absolute Gasteiger partial charge is 0.239 e. The van der Waals surface area contributed by atoms with Crippen LogP contribution >= 0.6 is 0 Å².